The quantitative estimate of drug-likeness (QED) is 0.0576. The highest BCUT2D eigenvalue weighted by molar-refractivity contribution is 5.79. The van der Waals surface area contributed by atoms with Gasteiger partial charge in [-0.1, -0.05) is 162 Å². The summed E-state index contributed by atoms with van der Waals surface area (Å²) in [7, 11) is 0. The number of carbonyl (C=O) groups excluding carboxylic acids is 1. The molecule has 0 spiro atoms. The second-order valence-electron chi connectivity index (χ2n) is 19.7. The second kappa shape index (κ2) is 22.2. The maximum Gasteiger partial charge on any atom is 0.310 e. The minimum atomic E-state index is -0.919. The van der Waals surface area contributed by atoms with Gasteiger partial charge in [0.2, 0.25) is 0 Å². The Bertz CT molecular complexity index is 1140. The van der Waals surface area contributed by atoms with E-state index in [1.54, 1.807) is 0 Å². The van der Waals surface area contributed by atoms with Gasteiger partial charge in [0.1, 0.15) is 6.10 Å². The molecular formula is C49H84O4. The van der Waals surface area contributed by atoms with E-state index in [4.69, 9.17) is 4.74 Å². The van der Waals surface area contributed by atoms with Gasteiger partial charge in [-0.2, -0.15) is 0 Å². The van der Waals surface area contributed by atoms with E-state index < -0.39 is 11.9 Å². The van der Waals surface area contributed by atoms with E-state index in [2.05, 4.69) is 59.8 Å². The summed E-state index contributed by atoms with van der Waals surface area (Å²) in [5.74, 6) is 3.32. The lowest BCUT2D eigenvalue weighted by Gasteiger charge is -2.59. The maximum absolute atomic E-state index is 13.4. The predicted molar refractivity (Wildman–Crippen MR) is 223 cm³/mol. The van der Waals surface area contributed by atoms with Gasteiger partial charge in [-0.15, -0.1) is 0 Å². The van der Waals surface area contributed by atoms with E-state index in [9.17, 15) is 14.7 Å². The number of fused-ring (bicyclic) bond motifs is 5. The SMILES string of the molecule is CCCCCCCCCCCCCCC/C=C/CC(CC(=O)O)C(=O)OC1CC[C@@]2(C)C(C=C[C@H]3[C@@H]4CC[C@H]([C@H](C)CCCC(C)C)[C@@]4(C)CC[C@@H]32)C1. The summed E-state index contributed by atoms with van der Waals surface area (Å²) in [5.41, 5.74) is 0.736. The second-order valence-corrected chi connectivity index (χ2v) is 19.7. The van der Waals surface area contributed by atoms with Crippen LogP contribution < -0.4 is 0 Å². The Hall–Kier alpha value is -1.58. The van der Waals surface area contributed by atoms with E-state index in [-0.39, 0.29) is 23.9 Å². The molecule has 0 aromatic heterocycles. The van der Waals surface area contributed by atoms with Crippen LogP contribution in [0, 0.1) is 58.2 Å². The summed E-state index contributed by atoms with van der Waals surface area (Å²) in [6.45, 7) is 14.8. The molecule has 4 nitrogen and oxygen atoms in total. The number of ether oxygens (including phenoxy) is 1. The summed E-state index contributed by atoms with van der Waals surface area (Å²) in [5, 5.41) is 9.62. The molecule has 3 saturated carbocycles. The van der Waals surface area contributed by atoms with Gasteiger partial charge in [-0.3, -0.25) is 9.59 Å². The highest BCUT2D eigenvalue weighted by Gasteiger charge is 2.59. The zero-order chi connectivity index (χ0) is 38.3. The van der Waals surface area contributed by atoms with Crippen LogP contribution in [-0.2, 0) is 14.3 Å². The van der Waals surface area contributed by atoms with Gasteiger partial charge in [0.15, 0.2) is 0 Å². The maximum atomic E-state index is 13.4. The van der Waals surface area contributed by atoms with Crippen molar-refractivity contribution in [1.82, 2.24) is 0 Å². The Balaban J connectivity index is 1.18. The molecule has 304 valence electrons. The number of carboxylic acids is 1. The van der Waals surface area contributed by atoms with E-state index >= 15 is 0 Å². The number of allylic oxidation sites excluding steroid dienone is 4. The summed E-state index contributed by atoms with van der Waals surface area (Å²) in [6, 6.07) is 0. The predicted octanol–water partition coefficient (Wildman–Crippen LogP) is 14.3. The van der Waals surface area contributed by atoms with Crippen LogP contribution >= 0.6 is 0 Å². The molecule has 0 aromatic rings. The Morgan fingerprint density at radius 1 is 0.755 bits per heavy atom. The molecular weight excluding hydrogens is 653 g/mol. The van der Waals surface area contributed by atoms with Gasteiger partial charge >= 0.3 is 11.9 Å². The first kappa shape index (κ1) is 44.1. The number of aliphatic carboxylic acids is 1. The van der Waals surface area contributed by atoms with Crippen LogP contribution in [0.15, 0.2) is 24.3 Å². The fraction of sp³-hybridized carbons (Fsp3) is 0.878. The van der Waals surface area contributed by atoms with Gasteiger partial charge in [-0.05, 0) is 116 Å². The van der Waals surface area contributed by atoms with Gasteiger partial charge in [-0.25, -0.2) is 0 Å². The van der Waals surface area contributed by atoms with E-state index in [0.29, 0.717) is 23.7 Å². The first-order chi connectivity index (χ1) is 25.5. The van der Waals surface area contributed by atoms with Crippen molar-refractivity contribution in [3.63, 3.8) is 0 Å². The summed E-state index contributed by atoms with van der Waals surface area (Å²) in [4.78, 5) is 25.1. The average Bonchev–Trinajstić information content (AvgIpc) is 3.48. The van der Waals surface area contributed by atoms with Crippen molar-refractivity contribution < 1.29 is 19.4 Å². The van der Waals surface area contributed by atoms with E-state index in [0.717, 1.165) is 61.7 Å². The molecule has 0 radical (unpaired) electrons. The summed E-state index contributed by atoms with van der Waals surface area (Å²) in [6.07, 6.45) is 40.6. The van der Waals surface area contributed by atoms with Gasteiger partial charge in [0.05, 0.1) is 12.3 Å². The molecule has 4 rings (SSSR count). The number of rotatable bonds is 25. The molecule has 4 aliphatic carbocycles. The topological polar surface area (TPSA) is 63.6 Å². The molecule has 3 unspecified atom stereocenters. The lowest BCUT2D eigenvalue weighted by Crippen LogP contribution is -2.52. The molecule has 0 aliphatic heterocycles. The van der Waals surface area contributed by atoms with Gasteiger partial charge < -0.3 is 9.84 Å². The fourth-order valence-electron chi connectivity index (χ4n) is 12.1. The first-order valence-electron chi connectivity index (χ1n) is 23.2. The molecule has 3 fully saturated rings. The molecule has 0 bridgehead atoms. The van der Waals surface area contributed by atoms with Crippen LogP contribution in [0.4, 0.5) is 0 Å². The first-order valence-corrected chi connectivity index (χ1v) is 23.2. The molecule has 0 heterocycles. The Labute approximate surface area is 327 Å². The molecule has 0 aromatic carbocycles. The van der Waals surface area contributed by atoms with Crippen molar-refractivity contribution in [2.45, 2.75) is 215 Å². The third-order valence-corrected chi connectivity index (χ3v) is 15.4. The number of esters is 1. The van der Waals surface area contributed by atoms with Crippen LogP contribution in [0.1, 0.15) is 208 Å². The van der Waals surface area contributed by atoms with Crippen molar-refractivity contribution in [3.8, 4) is 0 Å². The fourth-order valence-corrected chi connectivity index (χ4v) is 12.1. The van der Waals surface area contributed by atoms with Crippen molar-refractivity contribution in [2.24, 2.45) is 58.2 Å². The standard InChI is InChI=1S/C49H84O4/c1-7-8-9-10-11-12-13-14-15-16-17-18-19-20-21-22-26-39(35-46(50)51)47(52)53-41-31-33-48(5)40(36-41)27-28-42-44-30-29-43(38(4)25-23-24-37(2)3)49(44,6)34-32-45(42)48/h21-22,27-28,37-45H,7-20,23-26,29-36H2,1-6H3,(H,50,51)/b22-21+/t38-,39?,40?,41?,42+,43-,44+,45+,48+,49-/m1/s1. The molecule has 53 heavy (non-hydrogen) atoms. The smallest absolute Gasteiger partial charge is 0.310 e. The molecule has 10 atom stereocenters. The van der Waals surface area contributed by atoms with Crippen molar-refractivity contribution in [1.29, 1.82) is 0 Å². The minimum Gasteiger partial charge on any atom is -0.481 e. The van der Waals surface area contributed by atoms with Crippen LogP contribution in [0.25, 0.3) is 0 Å². The highest BCUT2D eigenvalue weighted by Crippen LogP contribution is 2.67. The Morgan fingerprint density at radius 2 is 1.38 bits per heavy atom. The van der Waals surface area contributed by atoms with Crippen molar-refractivity contribution >= 4 is 11.9 Å². The number of hydrogen-bond donors (Lipinski definition) is 1. The highest BCUT2D eigenvalue weighted by atomic mass is 16.5. The zero-order valence-electron chi connectivity index (χ0n) is 35.6. The minimum absolute atomic E-state index is 0.107. The largest absolute Gasteiger partial charge is 0.481 e. The number of hydrogen-bond acceptors (Lipinski definition) is 3. The van der Waals surface area contributed by atoms with E-state index in [1.165, 1.54) is 122 Å². The number of carboxylic acid groups (broad SMARTS) is 1. The van der Waals surface area contributed by atoms with Crippen LogP contribution in [-0.4, -0.2) is 23.1 Å². The zero-order valence-corrected chi connectivity index (χ0v) is 35.6. The van der Waals surface area contributed by atoms with Crippen LogP contribution in [0.3, 0.4) is 0 Å². The van der Waals surface area contributed by atoms with Crippen LogP contribution in [0.2, 0.25) is 0 Å². The Kier molecular flexibility index (Phi) is 18.5. The van der Waals surface area contributed by atoms with Crippen LogP contribution in [0.5, 0.6) is 0 Å². The lowest BCUT2D eigenvalue weighted by molar-refractivity contribution is -0.163. The summed E-state index contributed by atoms with van der Waals surface area (Å²) < 4.78 is 6.17. The third-order valence-electron chi connectivity index (χ3n) is 15.4. The van der Waals surface area contributed by atoms with Crippen molar-refractivity contribution in [3.05, 3.63) is 24.3 Å². The molecule has 4 aliphatic rings. The summed E-state index contributed by atoms with van der Waals surface area (Å²) >= 11 is 0. The molecule has 1 N–H and O–H groups in total. The van der Waals surface area contributed by atoms with Gasteiger partial charge in [0, 0.05) is 0 Å². The molecule has 4 heteroatoms. The molecule has 0 saturated heterocycles. The number of carbonyl (C=O) groups is 2. The normalized spacial score (nSPS) is 32.0. The number of unbranched alkanes of at least 4 members (excludes halogenated alkanes) is 13. The monoisotopic (exact) mass is 737 g/mol. The molecule has 0 amide bonds. The van der Waals surface area contributed by atoms with Gasteiger partial charge in [0.25, 0.3) is 0 Å². The van der Waals surface area contributed by atoms with E-state index in [1.807, 2.05) is 6.08 Å². The average molecular weight is 737 g/mol. The lowest BCUT2D eigenvalue weighted by atomic mass is 9.46. The van der Waals surface area contributed by atoms with Crippen molar-refractivity contribution in [2.75, 3.05) is 0 Å². The Morgan fingerprint density at radius 3 is 2.02 bits per heavy atom. The third kappa shape index (κ3) is 12.7.